The molecule has 0 radical (unpaired) electrons. The van der Waals surface area contributed by atoms with E-state index in [2.05, 4.69) is 23.7 Å². The lowest BCUT2D eigenvalue weighted by molar-refractivity contribution is 0.221. The van der Waals surface area contributed by atoms with Crippen LogP contribution in [0.5, 0.6) is 5.75 Å². The van der Waals surface area contributed by atoms with Gasteiger partial charge >= 0.3 is 0 Å². The van der Waals surface area contributed by atoms with Crippen LogP contribution in [0.4, 0.5) is 0 Å². The van der Waals surface area contributed by atoms with Gasteiger partial charge in [-0.2, -0.15) is 0 Å². The van der Waals surface area contributed by atoms with Gasteiger partial charge in [0.15, 0.2) is 0 Å². The SMILES string of the molecule is CCN(CC)CCOc1ccnc(CO)c1. The zero-order valence-corrected chi connectivity index (χ0v) is 10.0. The Bertz CT molecular complexity index is 301. The van der Waals surface area contributed by atoms with Crippen molar-refractivity contribution < 1.29 is 9.84 Å². The molecule has 0 bridgehead atoms. The van der Waals surface area contributed by atoms with Crippen LogP contribution in [0.1, 0.15) is 19.5 Å². The molecule has 1 aromatic heterocycles. The van der Waals surface area contributed by atoms with Crippen molar-refractivity contribution in [3.63, 3.8) is 0 Å². The summed E-state index contributed by atoms with van der Waals surface area (Å²) in [4.78, 5) is 6.29. The lowest BCUT2D eigenvalue weighted by Gasteiger charge is -2.18. The predicted molar refractivity (Wildman–Crippen MR) is 63.4 cm³/mol. The molecule has 0 aromatic carbocycles. The fourth-order valence-corrected chi connectivity index (χ4v) is 1.46. The zero-order chi connectivity index (χ0) is 11.8. The third-order valence-corrected chi connectivity index (χ3v) is 2.52. The number of likely N-dealkylation sites (N-methyl/N-ethyl adjacent to an activating group) is 1. The number of ether oxygens (including phenoxy) is 1. The molecular weight excluding hydrogens is 204 g/mol. The molecule has 1 aromatic rings. The van der Waals surface area contributed by atoms with E-state index >= 15 is 0 Å². The Morgan fingerprint density at radius 3 is 2.75 bits per heavy atom. The molecule has 4 heteroatoms. The summed E-state index contributed by atoms with van der Waals surface area (Å²) in [6.45, 7) is 7.89. The molecular formula is C12H20N2O2. The Kier molecular flexibility index (Phi) is 5.82. The zero-order valence-electron chi connectivity index (χ0n) is 10.0. The molecule has 0 aliphatic heterocycles. The van der Waals surface area contributed by atoms with E-state index in [4.69, 9.17) is 9.84 Å². The summed E-state index contributed by atoms with van der Waals surface area (Å²) in [5, 5.41) is 8.93. The van der Waals surface area contributed by atoms with E-state index in [1.807, 2.05) is 0 Å². The highest BCUT2D eigenvalue weighted by Gasteiger charge is 2.00. The van der Waals surface area contributed by atoms with E-state index in [1.165, 1.54) is 0 Å². The first-order valence-corrected chi connectivity index (χ1v) is 5.71. The maximum Gasteiger partial charge on any atom is 0.122 e. The standard InChI is InChI=1S/C12H20N2O2/c1-3-14(4-2)7-8-16-12-5-6-13-11(9-12)10-15/h5-6,9,15H,3-4,7-8,10H2,1-2H3. The van der Waals surface area contributed by atoms with Gasteiger partial charge in [0, 0.05) is 18.8 Å². The molecule has 1 heterocycles. The number of nitrogens with zero attached hydrogens (tertiary/aromatic N) is 2. The molecule has 4 nitrogen and oxygen atoms in total. The first-order chi connectivity index (χ1) is 7.80. The van der Waals surface area contributed by atoms with Gasteiger partial charge in [0.1, 0.15) is 12.4 Å². The fourth-order valence-electron chi connectivity index (χ4n) is 1.46. The monoisotopic (exact) mass is 224 g/mol. The molecule has 1 N–H and O–H groups in total. The van der Waals surface area contributed by atoms with Crippen molar-refractivity contribution in [2.24, 2.45) is 0 Å². The Morgan fingerprint density at radius 1 is 1.38 bits per heavy atom. The Hall–Kier alpha value is -1.13. The minimum Gasteiger partial charge on any atom is -0.492 e. The van der Waals surface area contributed by atoms with Crippen LogP contribution in [-0.4, -0.2) is 41.2 Å². The van der Waals surface area contributed by atoms with Crippen molar-refractivity contribution in [1.82, 2.24) is 9.88 Å². The summed E-state index contributed by atoms with van der Waals surface area (Å²) in [7, 11) is 0. The quantitative estimate of drug-likeness (QED) is 0.758. The minimum atomic E-state index is -0.0484. The second-order valence-corrected chi connectivity index (χ2v) is 3.52. The van der Waals surface area contributed by atoms with Gasteiger partial charge in [-0.1, -0.05) is 13.8 Å². The number of aliphatic hydroxyl groups excluding tert-OH is 1. The molecule has 0 spiro atoms. The van der Waals surface area contributed by atoms with Crippen molar-refractivity contribution in [2.75, 3.05) is 26.2 Å². The third-order valence-electron chi connectivity index (χ3n) is 2.52. The van der Waals surface area contributed by atoms with Crippen LogP contribution in [0.3, 0.4) is 0 Å². The highest BCUT2D eigenvalue weighted by atomic mass is 16.5. The summed E-state index contributed by atoms with van der Waals surface area (Å²) >= 11 is 0. The molecule has 0 unspecified atom stereocenters. The smallest absolute Gasteiger partial charge is 0.122 e. The second kappa shape index (κ2) is 7.19. The first-order valence-electron chi connectivity index (χ1n) is 5.71. The topological polar surface area (TPSA) is 45.6 Å². The molecule has 0 aliphatic rings. The number of pyridine rings is 1. The number of hydrogen-bond acceptors (Lipinski definition) is 4. The number of aromatic nitrogens is 1. The molecule has 16 heavy (non-hydrogen) atoms. The van der Waals surface area contributed by atoms with Gasteiger partial charge in [-0.05, 0) is 19.2 Å². The first kappa shape index (κ1) is 12.9. The maximum absolute atomic E-state index is 8.93. The van der Waals surface area contributed by atoms with Crippen LogP contribution >= 0.6 is 0 Å². The van der Waals surface area contributed by atoms with E-state index in [0.29, 0.717) is 12.3 Å². The molecule has 0 saturated heterocycles. The van der Waals surface area contributed by atoms with E-state index in [1.54, 1.807) is 18.3 Å². The number of rotatable bonds is 7. The largest absolute Gasteiger partial charge is 0.492 e. The molecule has 90 valence electrons. The Morgan fingerprint density at radius 2 is 2.12 bits per heavy atom. The number of hydrogen-bond donors (Lipinski definition) is 1. The van der Waals surface area contributed by atoms with Gasteiger partial charge in [0.25, 0.3) is 0 Å². The number of aliphatic hydroxyl groups is 1. The van der Waals surface area contributed by atoms with Gasteiger partial charge in [-0.25, -0.2) is 0 Å². The molecule has 0 saturated carbocycles. The van der Waals surface area contributed by atoms with Crippen molar-refractivity contribution >= 4 is 0 Å². The van der Waals surface area contributed by atoms with E-state index in [-0.39, 0.29) is 6.61 Å². The van der Waals surface area contributed by atoms with Crippen molar-refractivity contribution in [1.29, 1.82) is 0 Å². The Balaban J connectivity index is 2.36. The molecule has 0 fully saturated rings. The van der Waals surface area contributed by atoms with Crippen LogP contribution in [-0.2, 0) is 6.61 Å². The molecule has 0 aliphatic carbocycles. The van der Waals surface area contributed by atoms with Gasteiger partial charge in [0.05, 0.1) is 12.3 Å². The van der Waals surface area contributed by atoms with Crippen LogP contribution < -0.4 is 4.74 Å². The van der Waals surface area contributed by atoms with E-state index in [0.717, 1.165) is 25.4 Å². The summed E-state index contributed by atoms with van der Waals surface area (Å²) < 4.78 is 5.59. The summed E-state index contributed by atoms with van der Waals surface area (Å²) in [6.07, 6.45) is 1.65. The van der Waals surface area contributed by atoms with Gasteiger partial charge < -0.3 is 14.7 Å². The molecule has 0 amide bonds. The normalized spacial score (nSPS) is 10.8. The highest BCUT2D eigenvalue weighted by molar-refractivity contribution is 5.22. The van der Waals surface area contributed by atoms with Crippen LogP contribution in [0.15, 0.2) is 18.3 Å². The van der Waals surface area contributed by atoms with Crippen LogP contribution in [0.2, 0.25) is 0 Å². The Labute approximate surface area is 96.9 Å². The van der Waals surface area contributed by atoms with Crippen molar-refractivity contribution in [2.45, 2.75) is 20.5 Å². The average molecular weight is 224 g/mol. The summed E-state index contributed by atoms with van der Waals surface area (Å²) in [6, 6.07) is 3.57. The summed E-state index contributed by atoms with van der Waals surface area (Å²) in [5.41, 5.74) is 0.639. The maximum atomic E-state index is 8.93. The highest BCUT2D eigenvalue weighted by Crippen LogP contribution is 2.10. The predicted octanol–water partition coefficient (Wildman–Crippen LogP) is 1.29. The minimum absolute atomic E-state index is 0.0484. The average Bonchev–Trinajstić information content (AvgIpc) is 2.35. The summed E-state index contributed by atoms with van der Waals surface area (Å²) in [5.74, 6) is 0.770. The van der Waals surface area contributed by atoms with Crippen LogP contribution in [0.25, 0.3) is 0 Å². The second-order valence-electron chi connectivity index (χ2n) is 3.52. The van der Waals surface area contributed by atoms with E-state index < -0.39 is 0 Å². The lowest BCUT2D eigenvalue weighted by Crippen LogP contribution is -2.27. The van der Waals surface area contributed by atoms with Gasteiger partial charge in [-0.3, -0.25) is 4.98 Å². The van der Waals surface area contributed by atoms with Crippen molar-refractivity contribution in [3.05, 3.63) is 24.0 Å². The van der Waals surface area contributed by atoms with Crippen LogP contribution in [0, 0.1) is 0 Å². The molecule has 1 rings (SSSR count). The lowest BCUT2D eigenvalue weighted by atomic mass is 10.3. The third kappa shape index (κ3) is 4.16. The van der Waals surface area contributed by atoms with Gasteiger partial charge in [0.2, 0.25) is 0 Å². The fraction of sp³-hybridized carbons (Fsp3) is 0.583. The van der Waals surface area contributed by atoms with Gasteiger partial charge in [-0.15, -0.1) is 0 Å². The van der Waals surface area contributed by atoms with E-state index in [9.17, 15) is 0 Å². The molecule has 0 atom stereocenters. The van der Waals surface area contributed by atoms with Crippen molar-refractivity contribution in [3.8, 4) is 5.75 Å².